The second-order valence-electron chi connectivity index (χ2n) is 4.77. The van der Waals surface area contributed by atoms with Gasteiger partial charge in [-0.15, -0.1) is 0 Å². The maximum Gasteiger partial charge on any atom is 0.132 e. The minimum atomic E-state index is 0.372. The molecular weight excluding hydrogens is 228 g/mol. The van der Waals surface area contributed by atoms with E-state index in [0.29, 0.717) is 12.0 Å². The Kier molecular flexibility index (Phi) is 4.36. The van der Waals surface area contributed by atoms with Gasteiger partial charge in [0, 0.05) is 31.2 Å². The van der Waals surface area contributed by atoms with Crippen molar-refractivity contribution in [3.05, 3.63) is 11.9 Å². The van der Waals surface area contributed by atoms with Gasteiger partial charge < -0.3 is 15.4 Å². The predicted molar refractivity (Wildman–Crippen MR) is 72.9 cm³/mol. The topological polar surface area (TPSA) is 59.1 Å². The van der Waals surface area contributed by atoms with Gasteiger partial charge in [0.15, 0.2) is 0 Å². The van der Waals surface area contributed by atoms with Gasteiger partial charge in [-0.1, -0.05) is 0 Å². The van der Waals surface area contributed by atoms with Crippen LogP contribution >= 0.6 is 0 Å². The lowest BCUT2D eigenvalue weighted by Gasteiger charge is -2.20. The molecule has 0 aromatic carbocycles. The molecule has 100 valence electrons. The summed E-state index contributed by atoms with van der Waals surface area (Å²) in [5.74, 6) is 3.12. The van der Waals surface area contributed by atoms with Crippen LogP contribution in [0, 0.1) is 12.8 Å². The van der Waals surface area contributed by atoms with Crippen LogP contribution in [0.1, 0.15) is 26.1 Å². The molecule has 2 unspecified atom stereocenters. The molecule has 0 saturated carbocycles. The Morgan fingerprint density at radius 2 is 2.22 bits per heavy atom. The summed E-state index contributed by atoms with van der Waals surface area (Å²) in [4.78, 5) is 8.77. The van der Waals surface area contributed by atoms with E-state index < -0.39 is 0 Å². The summed E-state index contributed by atoms with van der Waals surface area (Å²) in [7, 11) is 0. The molecule has 5 heteroatoms. The van der Waals surface area contributed by atoms with Crippen molar-refractivity contribution in [3.8, 4) is 0 Å². The monoisotopic (exact) mass is 250 g/mol. The van der Waals surface area contributed by atoms with E-state index in [2.05, 4.69) is 34.4 Å². The van der Waals surface area contributed by atoms with E-state index >= 15 is 0 Å². The zero-order valence-corrected chi connectivity index (χ0v) is 11.4. The van der Waals surface area contributed by atoms with Crippen LogP contribution in [0.5, 0.6) is 0 Å². The van der Waals surface area contributed by atoms with E-state index in [-0.39, 0.29) is 0 Å². The fourth-order valence-corrected chi connectivity index (χ4v) is 2.21. The van der Waals surface area contributed by atoms with Crippen molar-refractivity contribution in [3.63, 3.8) is 0 Å². The highest BCUT2D eigenvalue weighted by Crippen LogP contribution is 2.20. The average Bonchev–Trinajstić information content (AvgIpc) is 2.81. The van der Waals surface area contributed by atoms with Crippen molar-refractivity contribution in [2.24, 2.45) is 5.92 Å². The first-order valence-electron chi connectivity index (χ1n) is 6.63. The molecular formula is C13H22N4O. The van der Waals surface area contributed by atoms with E-state index in [1.807, 2.05) is 13.0 Å². The van der Waals surface area contributed by atoms with E-state index in [1.165, 1.54) is 0 Å². The van der Waals surface area contributed by atoms with Crippen LogP contribution in [0.15, 0.2) is 6.07 Å². The minimum absolute atomic E-state index is 0.372. The Balaban J connectivity index is 2.03. The third-order valence-electron chi connectivity index (χ3n) is 3.24. The zero-order valence-electron chi connectivity index (χ0n) is 11.4. The number of anilines is 2. The summed E-state index contributed by atoms with van der Waals surface area (Å²) >= 11 is 0. The Labute approximate surface area is 108 Å². The summed E-state index contributed by atoms with van der Waals surface area (Å²) in [6, 6.07) is 2.33. The van der Waals surface area contributed by atoms with Crippen LogP contribution in [-0.2, 0) is 4.74 Å². The van der Waals surface area contributed by atoms with Crippen molar-refractivity contribution in [2.45, 2.75) is 33.2 Å². The summed E-state index contributed by atoms with van der Waals surface area (Å²) in [6.45, 7) is 8.74. The maximum atomic E-state index is 5.42. The molecule has 0 amide bonds. The first-order chi connectivity index (χ1) is 8.69. The largest absolute Gasteiger partial charge is 0.381 e. The van der Waals surface area contributed by atoms with Crippen LogP contribution in [0.2, 0.25) is 0 Å². The molecule has 0 bridgehead atoms. The second-order valence-corrected chi connectivity index (χ2v) is 4.77. The van der Waals surface area contributed by atoms with E-state index in [9.17, 15) is 0 Å². The first kappa shape index (κ1) is 13.1. The molecule has 2 atom stereocenters. The Morgan fingerprint density at radius 1 is 1.44 bits per heavy atom. The molecule has 0 spiro atoms. The Hall–Kier alpha value is -1.36. The molecule has 5 nitrogen and oxygen atoms in total. The van der Waals surface area contributed by atoms with Gasteiger partial charge in [0.1, 0.15) is 17.5 Å². The van der Waals surface area contributed by atoms with Gasteiger partial charge in [0.2, 0.25) is 0 Å². The average molecular weight is 250 g/mol. The van der Waals surface area contributed by atoms with Gasteiger partial charge >= 0.3 is 0 Å². The summed E-state index contributed by atoms with van der Waals surface area (Å²) < 4.78 is 5.42. The quantitative estimate of drug-likeness (QED) is 0.837. The number of nitrogens with one attached hydrogen (secondary N) is 2. The van der Waals surface area contributed by atoms with Gasteiger partial charge in [-0.3, -0.25) is 0 Å². The molecule has 0 aliphatic carbocycles. The molecule has 1 aliphatic rings. The summed E-state index contributed by atoms with van der Waals surface area (Å²) in [5, 5.41) is 6.67. The number of rotatable bonds is 5. The van der Waals surface area contributed by atoms with Crippen molar-refractivity contribution < 1.29 is 4.74 Å². The molecule has 18 heavy (non-hydrogen) atoms. The summed E-state index contributed by atoms with van der Waals surface area (Å²) in [6.07, 6.45) is 1.12. The SMILES string of the molecule is CCNc1cc(NC(C)C2CCOC2)nc(C)n1. The zero-order chi connectivity index (χ0) is 13.0. The smallest absolute Gasteiger partial charge is 0.132 e. The lowest BCUT2D eigenvalue weighted by Crippen LogP contribution is -2.26. The lowest BCUT2D eigenvalue weighted by atomic mass is 10.0. The molecule has 1 saturated heterocycles. The number of ether oxygens (including phenoxy) is 1. The fraction of sp³-hybridized carbons (Fsp3) is 0.692. The van der Waals surface area contributed by atoms with Crippen LogP contribution in [0.4, 0.5) is 11.6 Å². The van der Waals surface area contributed by atoms with Crippen molar-refractivity contribution in [1.29, 1.82) is 0 Å². The highest BCUT2D eigenvalue weighted by atomic mass is 16.5. The lowest BCUT2D eigenvalue weighted by molar-refractivity contribution is 0.183. The number of aryl methyl sites for hydroxylation is 1. The normalized spacial score (nSPS) is 20.7. The van der Waals surface area contributed by atoms with Gasteiger partial charge in [-0.2, -0.15) is 0 Å². The van der Waals surface area contributed by atoms with Crippen LogP contribution in [0.25, 0.3) is 0 Å². The van der Waals surface area contributed by atoms with Crippen LogP contribution < -0.4 is 10.6 Å². The molecule has 2 heterocycles. The molecule has 0 radical (unpaired) electrons. The highest BCUT2D eigenvalue weighted by molar-refractivity contribution is 5.47. The van der Waals surface area contributed by atoms with Crippen LogP contribution in [0.3, 0.4) is 0 Å². The second kappa shape index (κ2) is 6.00. The van der Waals surface area contributed by atoms with Crippen LogP contribution in [-0.4, -0.2) is 35.8 Å². The van der Waals surface area contributed by atoms with Crippen molar-refractivity contribution in [1.82, 2.24) is 9.97 Å². The third kappa shape index (κ3) is 3.32. The first-order valence-corrected chi connectivity index (χ1v) is 6.63. The van der Waals surface area contributed by atoms with Crippen molar-refractivity contribution >= 4 is 11.6 Å². The third-order valence-corrected chi connectivity index (χ3v) is 3.24. The number of hydrogen-bond donors (Lipinski definition) is 2. The molecule has 2 N–H and O–H groups in total. The summed E-state index contributed by atoms with van der Waals surface area (Å²) in [5.41, 5.74) is 0. The maximum absolute atomic E-state index is 5.42. The van der Waals surface area contributed by atoms with E-state index in [4.69, 9.17) is 4.74 Å². The minimum Gasteiger partial charge on any atom is -0.381 e. The number of hydrogen-bond acceptors (Lipinski definition) is 5. The van der Waals surface area contributed by atoms with Gasteiger partial charge in [-0.25, -0.2) is 9.97 Å². The fourth-order valence-electron chi connectivity index (χ4n) is 2.21. The van der Waals surface area contributed by atoms with E-state index in [0.717, 1.165) is 43.6 Å². The predicted octanol–water partition coefficient (Wildman–Crippen LogP) is 2.05. The Bertz CT molecular complexity index is 391. The Morgan fingerprint density at radius 3 is 2.89 bits per heavy atom. The number of aromatic nitrogens is 2. The molecule has 1 fully saturated rings. The number of nitrogens with zero attached hydrogens (tertiary/aromatic N) is 2. The standard InChI is InChI=1S/C13H22N4O/c1-4-14-12-7-13(17-10(3)16-12)15-9(2)11-5-6-18-8-11/h7,9,11H,4-6,8H2,1-3H3,(H2,14,15,16,17). The highest BCUT2D eigenvalue weighted by Gasteiger charge is 2.22. The van der Waals surface area contributed by atoms with Gasteiger partial charge in [-0.05, 0) is 27.2 Å². The molecule has 1 aliphatic heterocycles. The molecule has 1 aromatic heterocycles. The molecule has 2 rings (SSSR count). The van der Waals surface area contributed by atoms with Gasteiger partial charge in [0.05, 0.1) is 6.61 Å². The van der Waals surface area contributed by atoms with Gasteiger partial charge in [0.25, 0.3) is 0 Å². The van der Waals surface area contributed by atoms with E-state index in [1.54, 1.807) is 0 Å². The van der Waals surface area contributed by atoms with Crippen molar-refractivity contribution in [2.75, 3.05) is 30.4 Å². The molecule has 1 aromatic rings.